The van der Waals surface area contributed by atoms with Gasteiger partial charge in [-0.1, -0.05) is 37.3 Å². The molecule has 0 amide bonds. The average molecular weight is 394 g/mol. The molecule has 2 aromatic carbocycles. The Hall–Kier alpha value is -3.21. The smallest absolute Gasteiger partial charge is 0.304 e. The zero-order valence-corrected chi connectivity index (χ0v) is 16.7. The minimum atomic E-state index is -0.822. The summed E-state index contributed by atoms with van der Waals surface area (Å²) < 4.78 is 11.6. The summed E-state index contributed by atoms with van der Waals surface area (Å²) >= 11 is 0. The number of fused-ring (bicyclic) bond motifs is 1. The highest BCUT2D eigenvalue weighted by molar-refractivity contribution is 5.69. The normalized spacial score (nSPS) is 16.3. The molecule has 1 aliphatic rings. The van der Waals surface area contributed by atoms with Crippen LogP contribution in [-0.2, 0) is 11.4 Å². The zero-order valence-electron chi connectivity index (χ0n) is 16.7. The summed E-state index contributed by atoms with van der Waals surface area (Å²) in [4.78, 5) is 11.0. The molecule has 1 atom stereocenters. The van der Waals surface area contributed by atoms with E-state index >= 15 is 0 Å². The summed E-state index contributed by atoms with van der Waals surface area (Å²) in [7, 11) is 0. The van der Waals surface area contributed by atoms with E-state index in [1.54, 1.807) is 13.0 Å². The number of carboxylic acid groups (broad SMARTS) is 1. The van der Waals surface area contributed by atoms with Gasteiger partial charge in [0.15, 0.2) is 0 Å². The molecule has 2 aromatic rings. The first-order valence-electron chi connectivity index (χ1n) is 9.73. The number of hydrogen-bond acceptors (Lipinski definition) is 4. The Kier molecular flexibility index (Phi) is 6.60. The lowest BCUT2D eigenvalue weighted by Gasteiger charge is -2.11. The molecule has 5 heteroatoms. The topological polar surface area (TPSA) is 76.0 Å². The van der Waals surface area contributed by atoms with Crippen LogP contribution in [0, 0.1) is 0 Å². The predicted octanol–water partition coefficient (Wildman–Crippen LogP) is 5.47. The predicted molar refractivity (Wildman–Crippen MR) is 112 cm³/mol. The molecule has 0 aliphatic carbocycles. The van der Waals surface area contributed by atoms with Gasteiger partial charge in [0.25, 0.3) is 0 Å². The van der Waals surface area contributed by atoms with Crippen LogP contribution in [0.3, 0.4) is 0 Å². The summed E-state index contributed by atoms with van der Waals surface area (Å²) in [5.74, 6) is 0.737. The molecule has 0 radical (unpaired) electrons. The number of carboxylic acids is 1. The van der Waals surface area contributed by atoms with Crippen molar-refractivity contribution in [3.8, 4) is 11.5 Å². The van der Waals surface area contributed by atoms with Crippen molar-refractivity contribution in [1.82, 2.24) is 0 Å². The molecular formula is C24H26O5. The van der Waals surface area contributed by atoms with Crippen LogP contribution in [-0.4, -0.2) is 22.8 Å². The van der Waals surface area contributed by atoms with E-state index in [0.717, 1.165) is 28.7 Å². The Morgan fingerprint density at radius 3 is 2.76 bits per heavy atom. The fourth-order valence-electron chi connectivity index (χ4n) is 3.39. The molecule has 1 aliphatic heterocycles. The lowest BCUT2D eigenvalue weighted by molar-refractivity contribution is -0.137. The summed E-state index contributed by atoms with van der Waals surface area (Å²) in [6, 6.07) is 13.7. The standard InChI is InChI=1S/C24H26O5/c1-3-18(8-7-16(2)25)19-6-4-5-17(11-19)14-28-21-9-10-22-20(12-24(26)27)15-29-23(22)13-21/h4-11,13,20,25H,3,12,14-15H2,1-2H3,(H,26,27)/b16-7+,18-8+. The molecular weight excluding hydrogens is 368 g/mol. The number of rotatable bonds is 8. The largest absolute Gasteiger partial charge is 0.513 e. The molecule has 152 valence electrons. The molecule has 0 saturated heterocycles. The molecule has 29 heavy (non-hydrogen) atoms. The minimum absolute atomic E-state index is 0.0677. The SMILES string of the molecule is CC/C(=C\C=C(/C)O)c1cccc(COc2ccc3c(c2)OCC3CC(=O)O)c1. The second-order valence-corrected chi connectivity index (χ2v) is 7.15. The summed E-state index contributed by atoms with van der Waals surface area (Å²) in [5.41, 5.74) is 4.19. The number of aliphatic carboxylic acids is 1. The fourth-order valence-corrected chi connectivity index (χ4v) is 3.39. The first-order chi connectivity index (χ1) is 14.0. The third-order valence-electron chi connectivity index (χ3n) is 4.90. The van der Waals surface area contributed by atoms with E-state index < -0.39 is 5.97 Å². The van der Waals surface area contributed by atoms with E-state index in [-0.39, 0.29) is 18.1 Å². The van der Waals surface area contributed by atoms with E-state index in [2.05, 4.69) is 13.0 Å². The van der Waals surface area contributed by atoms with Crippen LogP contribution in [0.2, 0.25) is 0 Å². The highest BCUT2D eigenvalue weighted by atomic mass is 16.5. The molecule has 3 rings (SSSR count). The molecule has 0 bridgehead atoms. The van der Waals surface area contributed by atoms with E-state index in [9.17, 15) is 9.90 Å². The first-order valence-corrected chi connectivity index (χ1v) is 9.73. The van der Waals surface area contributed by atoms with Crippen molar-refractivity contribution in [3.63, 3.8) is 0 Å². The molecule has 0 aromatic heterocycles. The van der Waals surface area contributed by atoms with Gasteiger partial charge in [0, 0.05) is 17.5 Å². The van der Waals surface area contributed by atoms with Crippen LogP contribution in [0.5, 0.6) is 11.5 Å². The Morgan fingerprint density at radius 2 is 2.03 bits per heavy atom. The van der Waals surface area contributed by atoms with Gasteiger partial charge in [0.1, 0.15) is 18.1 Å². The highest BCUT2D eigenvalue weighted by Gasteiger charge is 2.26. The fraction of sp³-hybridized carbons (Fsp3) is 0.292. The lowest BCUT2D eigenvalue weighted by atomic mass is 9.98. The van der Waals surface area contributed by atoms with Gasteiger partial charge in [0.05, 0.1) is 18.8 Å². The van der Waals surface area contributed by atoms with Crippen molar-refractivity contribution in [2.75, 3.05) is 6.61 Å². The van der Waals surface area contributed by atoms with Crippen molar-refractivity contribution in [1.29, 1.82) is 0 Å². The summed E-state index contributed by atoms with van der Waals surface area (Å²) in [5, 5.41) is 18.4. The Bertz CT molecular complexity index is 938. The van der Waals surface area contributed by atoms with E-state index in [0.29, 0.717) is 24.7 Å². The van der Waals surface area contributed by atoms with Gasteiger partial charge < -0.3 is 19.7 Å². The van der Waals surface area contributed by atoms with Crippen LogP contribution < -0.4 is 9.47 Å². The molecule has 1 unspecified atom stereocenters. The second-order valence-electron chi connectivity index (χ2n) is 7.15. The van der Waals surface area contributed by atoms with Crippen LogP contribution in [0.4, 0.5) is 0 Å². The molecule has 0 fully saturated rings. The number of benzene rings is 2. The quantitative estimate of drug-likeness (QED) is 0.458. The molecule has 0 spiro atoms. The molecule has 2 N–H and O–H groups in total. The highest BCUT2D eigenvalue weighted by Crippen LogP contribution is 2.38. The minimum Gasteiger partial charge on any atom is -0.513 e. The van der Waals surface area contributed by atoms with Gasteiger partial charge in [-0.2, -0.15) is 0 Å². The van der Waals surface area contributed by atoms with Gasteiger partial charge in [-0.25, -0.2) is 0 Å². The third-order valence-corrected chi connectivity index (χ3v) is 4.90. The molecule has 0 saturated carbocycles. The maximum atomic E-state index is 11.0. The average Bonchev–Trinajstić information content (AvgIpc) is 3.08. The van der Waals surface area contributed by atoms with Gasteiger partial charge in [-0.15, -0.1) is 0 Å². The van der Waals surface area contributed by atoms with Crippen LogP contribution in [0.1, 0.15) is 49.3 Å². The van der Waals surface area contributed by atoms with Gasteiger partial charge in [0.2, 0.25) is 0 Å². The number of allylic oxidation sites excluding steroid dienone is 4. The van der Waals surface area contributed by atoms with Gasteiger partial charge in [-0.3, -0.25) is 4.79 Å². The van der Waals surface area contributed by atoms with Crippen molar-refractivity contribution in [2.45, 2.75) is 39.2 Å². The van der Waals surface area contributed by atoms with Crippen molar-refractivity contribution >= 4 is 11.5 Å². The van der Waals surface area contributed by atoms with Crippen molar-refractivity contribution < 1.29 is 24.5 Å². The van der Waals surface area contributed by atoms with Crippen LogP contribution in [0.15, 0.2) is 60.4 Å². The van der Waals surface area contributed by atoms with Gasteiger partial charge in [-0.05, 0) is 48.3 Å². The van der Waals surface area contributed by atoms with Crippen LogP contribution >= 0.6 is 0 Å². The second kappa shape index (κ2) is 9.32. The number of hydrogen-bond donors (Lipinski definition) is 2. The number of aliphatic hydroxyl groups is 1. The maximum Gasteiger partial charge on any atom is 0.304 e. The molecule has 1 heterocycles. The first kappa shape index (κ1) is 20.5. The van der Waals surface area contributed by atoms with E-state index in [4.69, 9.17) is 14.6 Å². The van der Waals surface area contributed by atoms with Crippen LogP contribution in [0.25, 0.3) is 5.57 Å². The Morgan fingerprint density at radius 1 is 1.21 bits per heavy atom. The zero-order chi connectivity index (χ0) is 20.8. The molecule has 5 nitrogen and oxygen atoms in total. The van der Waals surface area contributed by atoms with E-state index in [1.165, 1.54) is 0 Å². The Balaban J connectivity index is 1.69. The van der Waals surface area contributed by atoms with Crippen molar-refractivity contribution in [3.05, 3.63) is 77.1 Å². The monoisotopic (exact) mass is 394 g/mol. The van der Waals surface area contributed by atoms with Crippen molar-refractivity contribution in [2.24, 2.45) is 0 Å². The number of aliphatic hydroxyl groups excluding tert-OH is 1. The van der Waals surface area contributed by atoms with Gasteiger partial charge >= 0.3 is 5.97 Å². The third kappa shape index (κ3) is 5.41. The Labute approximate surface area is 170 Å². The maximum absolute atomic E-state index is 11.0. The van der Waals surface area contributed by atoms with E-state index in [1.807, 2.05) is 42.5 Å². The lowest BCUT2D eigenvalue weighted by Crippen LogP contribution is -2.07. The number of ether oxygens (including phenoxy) is 2. The number of carbonyl (C=O) groups is 1. The summed E-state index contributed by atoms with van der Waals surface area (Å²) in [6.45, 7) is 4.54. The summed E-state index contributed by atoms with van der Waals surface area (Å²) in [6.07, 6.45) is 4.55.